The van der Waals surface area contributed by atoms with Crippen molar-refractivity contribution in [1.82, 2.24) is 4.90 Å². The van der Waals surface area contributed by atoms with Crippen molar-refractivity contribution in [2.45, 2.75) is 51.4 Å². The number of hydrogen-bond donors (Lipinski definition) is 2. The van der Waals surface area contributed by atoms with Crippen molar-refractivity contribution < 1.29 is 5.11 Å². The van der Waals surface area contributed by atoms with Crippen LogP contribution in [-0.4, -0.2) is 34.7 Å². The van der Waals surface area contributed by atoms with Gasteiger partial charge in [-0.05, 0) is 24.3 Å². The number of halogens is 2. The minimum Gasteiger partial charge on any atom is -0.391 e. The summed E-state index contributed by atoms with van der Waals surface area (Å²) < 4.78 is 0. The highest BCUT2D eigenvalue weighted by Gasteiger charge is 2.58. The van der Waals surface area contributed by atoms with E-state index in [1.807, 2.05) is 0 Å². The summed E-state index contributed by atoms with van der Waals surface area (Å²) in [5.41, 5.74) is 7.68. The molecule has 1 spiro atoms. The minimum absolute atomic E-state index is 0. The molecule has 0 bridgehead atoms. The third-order valence-electron chi connectivity index (χ3n) is 5.15. The van der Waals surface area contributed by atoms with Gasteiger partial charge in [-0.25, -0.2) is 0 Å². The van der Waals surface area contributed by atoms with Crippen molar-refractivity contribution in [3.8, 4) is 0 Å². The van der Waals surface area contributed by atoms with Gasteiger partial charge in [0.25, 0.3) is 0 Å². The van der Waals surface area contributed by atoms with Gasteiger partial charge >= 0.3 is 0 Å². The molecule has 1 aromatic carbocycles. The first-order valence-electron chi connectivity index (χ1n) is 7.73. The molecule has 4 atom stereocenters. The maximum Gasteiger partial charge on any atom is 0.0697 e. The second-order valence-corrected chi connectivity index (χ2v) is 7.08. The Balaban J connectivity index is 0.00000121. The fourth-order valence-corrected chi connectivity index (χ4v) is 4.60. The number of likely N-dealkylation sites (tertiary alicyclic amines) is 1. The van der Waals surface area contributed by atoms with Gasteiger partial charge in [-0.3, -0.25) is 4.90 Å². The zero-order valence-corrected chi connectivity index (χ0v) is 14.9. The van der Waals surface area contributed by atoms with E-state index in [9.17, 15) is 5.11 Å². The van der Waals surface area contributed by atoms with Crippen molar-refractivity contribution in [2.24, 2.45) is 17.1 Å². The topological polar surface area (TPSA) is 49.5 Å². The smallest absolute Gasteiger partial charge is 0.0697 e. The van der Waals surface area contributed by atoms with Gasteiger partial charge in [-0.15, -0.1) is 24.8 Å². The van der Waals surface area contributed by atoms with Crippen LogP contribution in [0, 0.1) is 11.3 Å². The fourth-order valence-electron chi connectivity index (χ4n) is 4.60. The molecule has 1 aromatic rings. The van der Waals surface area contributed by atoms with Crippen LogP contribution in [0.15, 0.2) is 30.3 Å². The Labute approximate surface area is 146 Å². The first-order chi connectivity index (χ1) is 9.52. The van der Waals surface area contributed by atoms with Gasteiger partial charge in [0, 0.05) is 30.6 Å². The van der Waals surface area contributed by atoms with E-state index in [1.165, 1.54) is 5.56 Å². The number of rotatable bonds is 3. The van der Waals surface area contributed by atoms with Crippen molar-refractivity contribution in [1.29, 1.82) is 0 Å². The summed E-state index contributed by atoms with van der Waals surface area (Å²) in [6, 6.07) is 11.2. The first kappa shape index (κ1) is 19.7. The quantitative estimate of drug-likeness (QED) is 0.884. The average molecular weight is 347 g/mol. The van der Waals surface area contributed by atoms with Crippen LogP contribution in [0.5, 0.6) is 0 Å². The molecule has 2 fully saturated rings. The highest BCUT2D eigenvalue weighted by atomic mass is 35.5. The molecule has 0 amide bonds. The van der Waals surface area contributed by atoms with Crippen molar-refractivity contribution in [3.05, 3.63) is 35.9 Å². The highest BCUT2D eigenvalue weighted by molar-refractivity contribution is 5.85. The maximum atomic E-state index is 10.0. The first-order valence-corrected chi connectivity index (χ1v) is 7.73. The van der Waals surface area contributed by atoms with E-state index in [0.29, 0.717) is 12.0 Å². The predicted molar refractivity (Wildman–Crippen MR) is 95.6 cm³/mol. The Bertz CT molecular complexity index is 459. The summed E-state index contributed by atoms with van der Waals surface area (Å²) in [6.45, 7) is 6.67. The molecule has 1 aliphatic heterocycles. The molecule has 1 aliphatic carbocycles. The molecular formula is C17H28Cl2N2O. The van der Waals surface area contributed by atoms with E-state index in [2.05, 4.69) is 49.1 Å². The number of benzene rings is 1. The molecule has 126 valence electrons. The monoisotopic (exact) mass is 346 g/mol. The Morgan fingerprint density at radius 1 is 1.23 bits per heavy atom. The Hall–Kier alpha value is -0.320. The number of hydrogen-bond acceptors (Lipinski definition) is 3. The fraction of sp³-hybridized carbons (Fsp3) is 0.647. The molecule has 2 unspecified atom stereocenters. The molecule has 5 heteroatoms. The second-order valence-electron chi connectivity index (χ2n) is 7.08. The van der Waals surface area contributed by atoms with Gasteiger partial charge in [0.2, 0.25) is 0 Å². The Kier molecular flexibility index (Phi) is 6.72. The van der Waals surface area contributed by atoms with Crippen molar-refractivity contribution in [2.75, 3.05) is 6.54 Å². The molecule has 0 aromatic heterocycles. The number of nitrogens with two attached hydrogens (primary N) is 1. The summed E-state index contributed by atoms with van der Waals surface area (Å²) in [4.78, 5) is 2.56. The molecule has 22 heavy (non-hydrogen) atoms. The summed E-state index contributed by atoms with van der Waals surface area (Å²) in [5.74, 6) is 0.602. The number of aliphatic hydroxyl groups excluding tert-OH is 1. The third-order valence-corrected chi connectivity index (χ3v) is 5.15. The van der Waals surface area contributed by atoms with Gasteiger partial charge in [0.15, 0.2) is 0 Å². The molecule has 1 heterocycles. The molecule has 0 radical (unpaired) electrons. The van der Waals surface area contributed by atoms with Gasteiger partial charge in [-0.2, -0.15) is 0 Å². The molecule has 3 N–H and O–H groups in total. The largest absolute Gasteiger partial charge is 0.391 e. The van der Waals surface area contributed by atoms with E-state index in [4.69, 9.17) is 5.73 Å². The van der Waals surface area contributed by atoms with E-state index in [1.54, 1.807) is 0 Å². The van der Waals surface area contributed by atoms with Crippen LogP contribution in [0.2, 0.25) is 0 Å². The van der Waals surface area contributed by atoms with Crippen LogP contribution >= 0.6 is 24.8 Å². The Morgan fingerprint density at radius 3 is 2.36 bits per heavy atom. The van der Waals surface area contributed by atoms with Crippen LogP contribution < -0.4 is 5.73 Å². The lowest BCUT2D eigenvalue weighted by Crippen LogP contribution is -2.65. The summed E-state index contributed by atoms with van der Waals surface area (Å²) >= 11 is 0. The van der Waals surface area contributed by atoms with Crippen LogP contribution in [0.4, 0.5) is 0 Å². The summed E-state index contributed by atoms with van der Waals surface area (Å²) in [5, 5.41) is 10.0. The maximum absolute atomic E-state index is 10.0. The highest BCUT2D eigenvalue weighted by Crippen LogP contribution is 2.52. The normalized spacial score (nSPS) is 34.1. The molecular weight excluding hydrogens is 319 g/mol. The number of aliphatic hydroxyl groups is 1. The molecule has 3 rings (SSSR count). The summed E-state index contributed by atoms with van der Waals surface area (Å²) in [6.07, 6.45) is 1.54. The lowest BCUT2D eigenvalue weighted by atomic mass is 9.65. The van der Waals surface area contributed by atoms with Crippen molar-refractivity contribution >= 4 is 24.8 Å². The summed E-state index contributed by atoms with van der Waals surface area (Å²) in [7, 11) is 0. The van der Waals surface area contributed by atoms with Gasteiger partial charge < -0.3 is 10.8 Å². The van der Waals surface area contributed by atoms with Crippen LogP contribution in [-0.2, 0) is 6.54 Å². The van der Waals surface area contributed by atoms with Gasteiger partial charge in [0.1, 0.15) is 0 Å². The molecule has 3 nitrogen and oxygen atoms in total. The molecule has 2 aliphatic rings. The Morgan fingerprint density at radius 2 is 1.86 bits per heavy atom. The lowest BCUT2D eigenvalue weighted by molar-refractivity contribution is -0.105. The average Bonchev–Trinajstić information content (AvgIpc) is 2.66. The second kappa shape index (κ2) is 7.50. The minimum atomic E-state index is -0.310. The zero-order chi connectivity index (χ0) is 14.3. The van der Waals surface area contributed by atoms with E-state index < -0.39 is 0 Å². The third kappa shape index (κ3) is 3.44. The van der Waals surface area contributed by atoms with Gasteiger partial charge in [0.05, 0.1) is 6.10 Å². The standard InChI is InChI=1S/C17H26N2O.2ClH/c1-12(2)16-17(8-14(18)15(20)9-17)11-19(16)10-13-6-4-3-5-7-13;;/h3-7,12,14-16,20H,8-11,18H2,1-2H3;2*1H/t14-,15-,16?,17?;;/m1../s1. The predicted octanol–water partition coefficient (Wildman–Crippen LogP) is 2.84. The van der Waals surface area contributed by atoms with Crippen LogP contribution in [0.3, 0.4) is 0 Å². The van der Waals surface area contributed by atoms with Crippen molar-refractivity contribution in [3.63, 3.8) is 0 Å². The zero-order valence-electron chi connectivity index (χ0n) is 13.3. The lowest BCUT2D eigenvalue weighted by Gasteiger charge is -2.58. The van der Waals surface area contributed by atoms with E-state index in [-0.39, 0.29) is 42.4 Å². The molecule has 1 saturated heterocycles. The molecule has 1 saturated carbocycles. The van der Waals surface area contributed by atoms with E-state index >= 15 is 0 Å². The van der Waals surface area contributed by atoms with Gasteiger partial charge in [-0.1, -0.05) is 44.2 Å². The van der Waals surface area contributed by atoms with Crippen LogP contribution in [0.25, 0.3) is 0 Å². The van der Waals surface area contributed by atoms with Crippen LogP contribution in [0.1, 0.15) is 32.3 Å². The number of nitrogens with zero attached hydrogens (tertiary/aromatic N) is 1. The van der Waals surface area contributed by atoms with E-state index in [0.717, 1.165) is 25.9 Å². The SMILES string of the molecule is CC(C)C1N(Cc2ccccc2)CC12C[C@@H](N)[C@H](O)C2.Cl.Cl.